The standard InChI is InChI=1S/C53H66F2N5O7PS/c1-5-34(6-2)32-66-52(64)33(3)57-68(65,67-43-15-11-8-12-16-43)48(55)36-17-22-46-37(25-36)26-47(69-46)49(61)56-44-20-18-40(58(4)42-27-39(54)28-42)29-41-19-21-45(60(41)50(44)62)51(63)59-31-38(30-53(59)23-24-53)35-13-9-7-10-14-35/h7-17,22,25-26,33-34,38-42,44-45,48H,5-6,18-21,23-24,27-32H2,1-4H3,(H,56,61)(H,57,65)/t33-,38+,39?,40-,41+,42?,44-,45-,48-,68?/m0/s1. The number of halogens is 2. The monoisotopic (exact) mass is 985 g/mol. The van der Waals surface area contributed by atoms with Crippen molar-refractivity contribution in [3.8, 4) is 5.75 Å². The number of para-hydroxylation sites is 1. The minimum Gasteiger partial charge on any atom is -0.464 e. The Bertz CT molecular complexity index is 2540. The quantitative estimate of drug-likeness (QED) is 0.0783. The summed E-state index contributed by atoms with van der Waals surface area (Å²) < 4.78 is 57.7. The first-order valence-corrected chi connectivity index (χ1v) is 27.5. The first-order chi connectivity index (χ1) is 33.2. The molecule has 4 heterocycles. The van der Waals surface area contributed by atoms with Crippen molar-refractivity contribution in [2.75, 3.05) is 20.2 Å². The third-order valence-electron chi connectivity index (χ3n) is 15.8. The fourth-order valence-electron chi connectivity index (χ4n) is 11.3. The molecule has 3 saturated heterocycles. The van der Waals surface area contributed by atoms with Crippen LogP contribution in [-0.4, -0.2) is 107 Å². The third-order valence-corrected chi connectivity index (χ3v) is 19.1. The van der Waals surface area contributed by atoms with E-state index in [4.69, 9.17) is 9.26 Å². The van der Waals surface area contributed by atoms with Crippen LogP contribution in [-0.2, 0) is 23.7 Å². The summed E-state index contributed by atoms with van der Waals surface area (Å²) in [6, 6.07) is 22.0. The highest BCUT2D eigenvalue weighted by Gasteiger charge is 2.59. The van der Waals surface area contributed by atoms with Crippen LogP contribution in [0.2, 0.25) is 0 Å². The zero-order valence-corrected chi connectivity index (χ0v) is 41.8. The minimum atomic E-state index is -4.51. The maximum atomic E-state index is 16.9. The predicted octanol–water partition coefficient (Wildman–Crippen LogP) is 10.1. The lowest BCUT2D eigenvalue weighted by molar-refractivity contribution is -0.148. The molecule has 0 radical (unpaired) electrons. The molecule has 12 nitrogen and oxygen atoms in total. The zero-order valence-electron chi connectivity index (χ0n) is 40.1. The number of thiophene rings is 1. The van der Waals surface area contributed by atoms with E-state index in [-0.39, 0.29) is 65.2 Å². The topological polar surface area (TPSA) is 138 Å². The maximum Gasteiger partial charge on any atom is 0.355 e. The van der Waals surface area contributed by atoms with Gasteiger partial charge in [-0.3, -0.25) is 23.7 Å². The molecule has 5 fully saturated rings. The fourth-order valence-corrected chi connectivity index (χ4v) is 14.1. The van der Waals surface area contributed by atoms with Gasteiger partial charge in [-0.05, 0) is 131 Å². The van der Waals surface area contributed by atoms with E-state index in [1.807, 2.05) is 39.1 Å². The number of esters is 1. The summed E-state index contributed by atoms with van der Waals surface area (Å²) in [5.74, 6) is -3.10. The van der Waals surface area contributed by atoms with Crippen LogP contribution in [0.3, 0.4) is 0 Å². The van der Waals surface area contributed by atoms with Crippen molar-refractivity contribution in [3.63, 3.8) is 0 Å². The number of nitrogens with zero attached hydrogens (tertiary/aromatic N) is 3. The van der Waals surface area contributed by atoms with E-state index < -0.39 is 49.6 Å². The lowest BCUT2D eigenvalue weighted by atomic mass is 9.86. The molecule has 2 aliphatic carbocycles. The molecule has 370 valence electrons. The first kappa shape index (κ1) is 49.3. The molecule has 1 spiro atoms. The Morgan fingerprint density at radius 1 is 0.928 bits per heavy atom. The molecule has 2 N–H and O–H groups in total. The SMILES string of the molecule is CCC(CC)COC(=O)[C@H](C)NP(=O)(Oc1ccccc1)[C@H](F)c1ccc2sc(C(=O)N[C@H]3CC[C@H](N(C)C4CC(F)C4)C[C@H]4CC[C@@H](C(=O)N5C[C@H](c6ccccc6)CC56CC6)N4C3=O)cc2c1. The number of carbonyl (C=O) groups excluding carboxylic acids is 4. The number of carbonyl (C=O) groups is 4. The number of nitrogens with one attached hydrogen (secondary N) is 2. The number of fused-ring (bicyclic) bond motifs is 2. The number of likely N-dealkylation sites (tertiary alicyclic amines) is 1. The molecule has 3 aromatic carbocycles. The number of alkyl halides is 2. The lowest BCUT2D eigenvalue weighted by Gasteiger charge is -2.45. The van der Waals surface area contributed by atoms with Crippen LogP contribution in [0.5, 0.6) is 5.75 Å². The Kier molecular flexibility index (Phi) is 14.7. The molecule has 3 amide bonds. The average molecular weight is 986 g/mol. The van der Waals surface area contributed by atoms with Crippen LogP contribution in [0.25, 0.3) is 10.1 Å². The van der Waals surface area contributed by atoms with E-state index in [0.29, 0.717) is 66.5 Å². The van der Waals surface area contributed by atoms with Gasteiger partial charge in [-0.1, -0.05) is 81.3 Å². The van der Waals surface area contributed by atoms with Crippen molar-refractivity contribution in [3.05, 3.63) is 101 Å². The summed E-state index contributed by atoms with van der Waals surface area (Å²) in [5.41, 5.74) is 1.05. The third kappa shape index (κ3) is 10.4. The highest BCUT2D eigenvalue weighted by Crippen LogP contribution is 2.58. The highest BCUT2D eigenvalue weighted by molar-refractivity contribution is 7.57. The number of amides is 3. The highest BCUT2D eigenvalue weighted by atomic mass is 32.1. The van der Waals surface area contributed by atoms with Gasteiger partial charge in [0.15, 0.2) is 0 Å². The van der Waals surface area contributed by atoms with Gasteiger partial charge in [0, 0.05) is 40.8 Å². The van der Waals surface area contributed by atoms with E-state index in [1.165, 1.54) is 36.0 Å². The Morgan fingerprint density at radius 3 is 2.32 bits per heavy atom. The molecular weight excluding hydrogens is 920 g/mol. The van der Waals surface area contributed by atoms with E-state index in [1.54, 1.807) is 47.4 Å². The molecule has 5 aliphatic rings. The summed E-state index contributed by atoms with van der Waals surface area (Å²) in [6.07, 6.45) is 7.39. The second-order valence-electron chi connectivity index (χ2n) is 20.3. The molecule has 4 aromatic rings. The molecule has 8 atom stereocenters. The van der Waals surface area contributed by atoms with Gasteiger partial charge in [0.1, 0.15) is 30.0 Å². The molecule has 69 heavy (non-hydrogen) atoms. The van der Waals surface area contributed by atoms with Crippen molar-refractivity contribution < 1.29 is 41.8 Å². The Balaban J connectivity index is 0.941. The smallest absolute Gasteiger partial charge is 0.355 e. The van der Waals surface area contributed by atoms with Gasteiger partial charge in [-0.25, -0.2) is 13.9 Å². The molecule has 9 rings (SSSR count). The lowest BCUT2D eigenvalue weighted by Crippen LogP contribution is -2.59. The Morgan fingerprint density at radius 2 is 1.64 bits per heavy atom. The largest absolute Gasteiger partial charge is 0.464 e. The minimum absolute atomic E-state index is 0.0107. The average Bonchev–Trinajstić information content (AvgIpc) is 3.61. The Hall–Kier alpha value is -4.69. The number of hydrogen-bond acceptors (Lipinski definition) is 9. The molecule has 16 heteroatoms. The molecule has 3 aliphatic heterocycles. The Labute approximate surface area is 408 Å². The van der Waals surface area contributed by atoms with Crippen LogP contribution in [0.4, 0.5) is 8.78 Å². The van der Waals surface area contributed by atoms with Crippen LogP contribution < -0.4 is 14.9 Å². The number of ether oxygens (including phenoxy) is 1. The molecule has 1 unspecified atom stereocenters. The van der Waals surface area contributed by atoms with Crippen molar-refractivity contribution in [2.45, 2.75) is 158 Å². The maximum absolute atomic E-state index is 16.9. The van der Waals surface area contributed by atoms with Crippen LogP contribution >= 0.6 is 18.9 Å². The molecule has 1 aromatic heterocycles. The van der Waals surface area contributed by atoms with E-state index >= 15 is 4.39 Å². The second-order valence-corrected chi connectivity index (χ2v) is 23.4. The summed E-state index contributed by atoms with van der Waals surface area (Å²) in [7, 11) is -2.48. The van der Waals surface area contributed by atoms with Crippen molar-refractivity contribution in [1.29, 1.82) is 0 Å². The van der Waals surface area contributed by atoms with Gasteiger partial charge in [0.2, 0.25) is 17.7 Å². The van der Waals surface area contributed by atoms with Crippen molar-refractivity contribution in [1.82, 2.24) is 25.1 Å². The fraction of sp³-hybridized carbons (Fsp3) is 0.547. The van der Waals surface area contributed by atoms with Gasteiger partial charge >= 0.3 is 13.5 Å². The van der Waals surface area contributed by atoms with Gasteiger partial charge in [0.25, 0.3) is 5.91 Å². The van der Waals surface area contributed by atoms with Crippen LogP contribution in [0.1, 0.15) is 130 Å². The van der Waals surface area contributed by atoms with Gasteiger partial charge in [-0.2, -0.15) is 0 Å². The molecule has 0 bridgehead atoms. The molecular formula is C53H66F2N5O7PS. The van der Waals surface area contributed by atoms with E-state index in [9.17, 15) is 28.1 Å². The van der Waals surface area contributed by atoms with Crippen molar-refractivity contribution in [2.24, 2.45) is 5.92 Å². The van der Waals surface area contributed by atoms with E-state index in [0.717, 1.165) is 32.1 Å². The van der Waals surface area contributed by atoms with Crippen molar-refractivity contribution >= 4 is 52.6 Å². The number of rotatable bonds is 17. The summed E-state index contributed by atoms with van der Waals surface area (Å²) >= 11 is 1.19. The van der Waals surface area contributed by atoms with Gasteiger partial charge in [0.05, 0.1) is 11.5 Å². The van der Waals surface area contributed by atoms with Crippen LogP contribution in [0, 0.1) is 5.92 Å². The number of hydrogen-bond donors (Lipinski definition) is 2. The summed E-state index contributed by atoms with van der Waals surface area (Å²) in [5, 5.41) is 6.24. The normalized spacial score (nSPS) is 27.0. The van der Waals surface area contributed by atoms with Gasteiger partial charge in [-0.15, -0.1) is 11.3 Å². The van der Waals surface area contributed by atoms with E-state index in [2.05, 4.69) is 32.3 Å². The van der Waals surface area contributed by atoms with Gasteiger partial charge < -0.3 is 29.3 Å². The first-order valence-electron chi connectivity index (χ1n) is 25.0. The summed E-state index contributed by atoms with van der Waals surface area (Å²) in [4.78, 5) is 63.6. The zero-order chi connectivity index (χ0) is 48.6. The molecule has 2 saturated carbocycles. The predicted molar refractivity (Wildman–Crippen MR) is 264 cm³/mol. The second kappa shape index (κ2) is 20.6. The summed E-state index contributed by atoms with van der Waals surface area (Å²) in [6.45, 7) is 6.28. The number of benzene rings is 3. The van der Waals surface area contributed by atoms with Crippen LogP contribution in [0.15, 0.2) is 84.9 Å².